The Balaban J connectivity index is 2.18. The van der Waals surface area contributed by atoms with Gasteiger partial charge in [0.2, 0.25) is 0 Å². The average Bonchev–Trinajstić information content (AvgIpc) is 2.29. The maximum atomic E-state index is 2.44. The van der Waals surface area contributed by atoms with E-state index in [4.69, 9.17) is 0 Å². The first-order chi connectivity index (χ1) is 7.89. The smallest absolute Gasteiger partial charge is 0.0262 e. The average molecular weight is 222 g/mol. The summed E-state index contributed by atoms with van der Waals surface area (Å²) < 4.78 is 0. The van der Waals surface area contributed by atoms with Gasteiger partial charge in [0.25, 0.3) is 0 Å². The summed E-state index contributed by atoms with van der Waals surface area (Å²) in [6, 6.07) is 0. The zero-order valence-corrected chi connectivity index (χ0v) is 11.2. The van der Waals surface area contributed by atoms with Crippen LogP contribution in [0.5, 0.6) is 0 Å². The lowest BCUT2D eigenvalue weighted by Gasteiger charge is -2.05. The number of rotatable bonds is 0. The van der Waals surface area contributed by atoms with Crippen molar-refractivity contribution in [3.63, 3.8) is 0 Å². The first-order valence-corrected chi connectivity index (χ1v) is 7.56. The van der Waals surface area contributed by atoms with Crippen LogP contribution < -0.4 is 0 Å². The second-order valence-corrected chi connectivity index (χ2v) is 5.52. The highest BCUT2D eigenvalue weighted by atomic mass is 14.0. The van der Waals surface area contributed by atoms with Crippen LogP contribution in [-0.2, 0) is 0 Å². The van der Waals surface area contributed by atoms with Crippen molar-refractivity contribution in [1.29, 1.82) is 0 Å². The van der Waals surface area contributed by atoms with Crippen LogP contribution >= 0.6 is 0 Å². The Labute approximate surface area is 103 Å². The minimum atomic E-state index is 0.810. The van der Waals surface area contributed by atoms with Gasteiger partial charge in [-0.2, -0.15) is 0 Å². The summed E-state index contributed by atoms with van der Waals surface area (Å²) in [4.78, 5) is 0. The van der Waals surface area contributed by atoms with E-state index in [9.17, 15) is 0 Å². The summed E-state index contributed by atoms with van der Waals surface area (Å²) in [6.45, 7) is 2.37. The van der Waals surface area contributed by atoms with E-state index in [1.54, 1.807) is 0 Å². The van der Waals surface area contributed by atoms with Crippen LogP contribution in [0.3, 0.4) is 0 Å². The van der Waals surface area contributed by atoms with Crippen molar-refractivity contribution in [3.8, 4) is 0 Å². The second-order valence-electron chi connectivity index (χ2n) is 5.52. The quantitative estimate of drug-likeness (QED) is 0.449. The van der Waals surface area contributed by atoms with E-state index in [0.717, 1.165) is 5.92 Å². The molecule has 0 heterocycles. The molecule has 0 aliphatic heterocycles. The predicted octanol–water partition coefficient (Wildman–Crippen LogP) is 5.87. The van der Waals surface area contributed by atoms with E-state index in [-0.39, 0.29) is 0 Å². The van der Waals surface area contributed by atoms with Crippen molar-refractivity contribution in [1.82, 2.24) is 0 Å². The van der Waals surface area contributed by atoms with Gasteiger partial charge < -0.3 is 0 Å². The third-order valence-electron chi connectivity index (χ3n) is 3.74. The highest BCUT2D eigenvalue weighted by Crippen LogP contribution is 2.16. The van der Waals surface area contributed by atoms with Gasteiger partial charge in [-0.15, -0.1) is 0 Å². The molecule has 0 saturated heterocycles. The topological polar surface area (TPSA) is 0 Å². The van der Waals surface area contributed by atoms with E-state index >= 15 is 0 Å². The monoisotopic (exact) mass is 222 g/mol. The molecule has 0 amide bonds. The molecule has 0 saturated carbocycles. The Bertz CT molecular complexity index is 169. The standard InChI is InChI=1S/C16H30/c1-16-14-12-10-8-6-4-2-3-5-7-9-11-13-15-16/h12,14,16H,2-11,13,15H2,1H3/b14-12-/t16-/m0/s1. The van der Waals surface area contributed by atoms with E-state index in [0.29, 0.717) is 0 Å². The third-order valence-corrected chi connectivity index (χ3v) is 3.74. The van der Waals surface area contributed by atoms with Crippen LogP contribution in [-0.4, -0.2) is 0 Å². The van der Waals surface area contributed by atoms with Gasteiger partial charge in [0.15, 0.2) is 0 Å². The molecule has 0 radical (unpaired) electrons. The molecule has 0 aromatic rings. The van der Waals surface area contributed by atoms with Gasteiger partial charge in [-0.25, -0.2) is 0 Å². The number of hydrogen-bond donors (Lipinski definition) is 0. The molecule has 0 spiro atoms. The molecule has 1 aliphatic rings. The van der Waals surface area contributed by atoms with Crippen molar-refractivity contribution in [2.24, 2.45) is 5.92 Å². The van der Waals surface area contributed by atoms with Gasteiger partial charge in [-0.1, -0.05) is 76.9 Å². The lowest BCUT2D eigenvalue weighted by Crippen LogP contribution is -1.89. The van der Waals surface area contributed by atoms with Crippen molar-refractivity contribution >= 4 is 0 Å². The highest BCUT2D eigenvalue weighted by molar-refractivity contribution is 4.86. The molecule has 1 aliphatic carbocycles. The third kappa shape index (κ3) is 7.96. The van der Waals surface area contributed by atoms with Crippen LogP contribution in [0.2, 0.25) is 0 Å². The Morgan fingerprint density at radius 1 is 0.688 bits per heavy atom. The molecule has 1 rings (SSSR count). The van der Waals surface area contributed by atoms with Crippen LogP contribution in [0.1, 0.15) is 84.0 Å². The van der Waals surface area contributed by atoms with Gasteiger partial charge in [0, 0.05) is 0 Å². The van der Waals surface area contributed by atoms with Gasteiger partial charge in [0.1, 0.15) is 0 Å². The zero-order valence-electron chi connectivity index (χ0n) is 11.2. The maximum absolute atomic E-state index is 2.44. The fourth-order valence-electron chi connectivity index (χ4n) is 2.57. The summed E-state index contributed by atoms with van der Waals surface area (Å²) in [5, 5.41) is 0. The summed E-state index contributed by atoms with van der Waals surface area (Å²) in [5.74, 6) is 0.810. The molecular formula is C16H30. The fourth-order valence-corrected chi connectivity index (χ4v) is 2.57. The van der Waals surface area contributed by atoms with Gasteiger partial charge in [-0.3, -0.25) is 0 Å². The molecule has 16 heavy (non-hydrogen) atoms. The van der Waals surface area contributed by atoms with Crippen molar-refractivity contribution in [2.45, 2.75) is 84.0 Å². The molecule has 94 valence electrons. The Hall–Kier alpha value is -0.260. The number of hydrogen-bond acceptors (Lipinski definition) is 0. The van der Waals surface area contributed by atoms with E-state index in [1.165, 1.54) is 77.0 Å². The molecule has 0 unspecified atom stereocenters. The van der Waals surface area contributed by atoms with Crippen molar-refractivity contribution in [2.75, 3.05) is 0 Å². The summed E-state index contributed by atoms with van der Waals surface area (Å²) in [7, 11) is 0. The lowest BCUT2D eigenvalue weighted by molar-refractivity contribution is 0.528. The van der Waals surface area contributed by atoms with Gasteiger partial charge in [-0.05, 0) is 25.2 Å². The van der Waals surface area contributed by atoms with Crippen molar-refractivity contribution < 1.29 is 0 Å². The highest BCUT2D eigenvalue weighted by Gasteiger charge is 1.98. The SMILES string of the molecule is C[C@H]1/C=C\CCCCCCCCCCCC1. The van der Waals surface area contributed by atoms with Crippen molar-refractivity contribution in [3.05, 3.63) is 12.2 Å². The van der Waals surface area contributed by atoms with Crippen LogP contribution in [0.4, 0.5) is 0 Å². The molecule has 0 fully saturated rings. The van der Waals surface area contributed by atoms with Crippen LogP contribution in [0.15, 0.2) is 12.2 Å². The summed E-state index contributed by atoms with van der Waals surface area (Å²) >= 11 is 0. The molecule has 1 atom stereocenters. The molecule has 0 bridgehead atoms. The zero-order chi connectivity index (χ0) is 11.5. The second kappa shape index (κ2) is 9.93. The minimum Gasteiger partial charge on any atom is -0.0883 e. The predicted molar refractivity (Wildman–Crippen MR) is 73.7 cm³/mol. The Morgan fingerprint density at radius 3 is 1.81 bits per heavy atom. The molecule has 0 nitrogen and oxygen atoms in total. The van der Waals surface area contributed by atoms with E-state index in [1.807, 2.05) is 0 Å². The Kier molecular flexibility index (Phi) is 8.57. The largest absolute Gasteiger partial charge is 0.0883 e. The van der Waals surface area contributed by atoms with Crippen LogP contribution in [0, 0.1) is 5.92 Å². The number of allylic oxidation sites excluding steroid dienone is 2. The fraction of sp³-hybridized carbons (Fsp3) is 0.875. The first kappa shape index (κ1) is 13.8. The Morgan fingerprint density at radius 2 is 1.19 bits per heavy atom. The van der Waals surface area contributed by atoms with E-state index < -0.39 is 0 Å². The molecule has 0 aromatic heterocycles. The van der Waals surface area contributed by atoms with Gasteiger partial charge in [0.05, 0.1) is 0 Å². The van der Waals surface area contributed by atoms with Gasteiger partial charge >= 0.3 is 0 Å². The summed E-state index contributed by atoms with van der Waals surface area (Å²) in [6.07, 6.45) is 22.2. The molecule has 0 heteroatoms. The lowest BCUT2D eigenvalue weighted by atomic mass is 10.0. The molecule has 0 N–H and O–H groups in total. The molecule has 0 aromatic carbocycles. The van der Waals surface area contributed by atoms with Crippen LogP contribution in [0.25, 0.3) is 0 Å². The summed E-state index contributed by atoms with van der Waals surface area (Å²) in [5.41, 5.74) is 0. The molecular weight excluding hydrogens is 192 g/mol. The van der Waals surface area contributed by atoms with E-state index in [2.05, 4.69) is 19.1 Å². The minimum absolute atomic E-state index is 0.810. The normalized spacial score (nSPS) is 28.9. The first-order valence-electron chi connectivity index (χ1n) is 7.56. The maximum Gasteiger partial charge on any atom is -0.0262 e.